The van der Waals surface area contributed by atoms with Crippen molar-refractivity contribution in [3.8, 4) is 5.75 Å². The van der Waals surface area contributed by atoms with E-state index >= 15 is 0 Å². The molecule has 0 spiro atoms. The van der Waals surface area contributed by atoms with E-state index in [0.29, 0.717) is 61.2 Å². The van der Waals surface area contributed by atoms with Crippen LogP contribution in [0.15, 0.2) is 48.5 Å². The minimum atomic E-state index is -5.53. The molecule has 0 aliphatic heterocycles. The summed E-state index contributed by atoms with van der Waals surface area (Å²) < 4.78 is 78.9. The number of rotatable bonds is 14. The topological polar surface area (TPSA) is 131 Å². The van der Waals surface area contributed by atoms with Crippen molar-refractivity contribution in [2.24, 2.45) is 11.8 Å². The lowest BCUT2D eigenvalue weighted by molar-refractivity contribution is -0.284. The molecular weight excluding hydrogens is 603 g/mol. The van der Waals surface area contributed by atoms with Crippen molar-refractivity contribution in [2.45, 2.75) is 69.9 Å². The fraction of sp³-hybridized carbons (Fsp3) is 0.469. The maximum Gasteiger partial charge on any atom is 0.453 e. The third-order valence-corrected chi connectivity index (χ3v) is 7.44. The number of hydrogen-bond acceptors (Lipinski definition) is 8. The highest BCUT2D eigenvalue weighted by molar-refractivity contribution is 5.91. The van der Waals surface area contributed by atoms with Crippen LogP contribution in [0.1, 0.15) is 73.7 Å². The highest BCUT2D eigenvalue weighted by Gasteiger charge is 2.56. The van der Waals surface area contributed by atoms with Gasteiger partial charge in [0.1, 0.15) is 5.75 Å². The summed E-state index contributed by atoms with van der Waals surface area (Å²) in [7, 11) is 0. The van der Waals surface area contributed by atoms with Crippen LogP contribution in [0.3, 0.4) is 0 Å². The van der Waals surface area contributed by atoms with E-state index < -0.39 is 36.4 Å². The third-order valence-electron chi connectivity index (χ3n) is 7.44. The fourth-order valence-corrected chi connectivity index (χ4v) is 4.92. The Balaban J connectivity index is 1.29. The van der Waals surface area contributed by atoms with Crippen LogP contribution in [0.25, 0.3) is 6.08 Å². The van der Waals surface area contributed by atoms with Gasteiger partial charge in [0.15, 0.2) is 0 Å². The minimum absolute atomic E-state index is 0.00169. The highest BCUT2D eigenvalue weighted by Crippen LogP contribution is 2.40. The number of halogens is 5. The monoisotopic (exact) mass is 640 g/mol. The molecule has 1 saturated carbocycles. The quantitative estimate of drug-likeness (QED) is 0.0557. The van der Waals surface area contributed by atoms with Crippen LogP contribution >= 0.6 is 0 Å². The molecule has 0 aromatic heterocycles. The number of anilines is 2. The van der Waals surface area contributed by atoms with Gasteiger partial charge in [-0.2, -0.15) is 22.0 Å². The summed E-state index contributed by atoms with van der Waals surface area (Å²) in [5, 5.41) is 0. The first kappa shape index (κ1) is 35.3. The second-order valence-corrected chi connectivity index (χ2v) is 11.0. The van der Waals surface area contributed by atoms with Crippen LogP contribution in [-0.2, 0) is 19.1 Å². The van der Waals surface area contributed by atoms with E-state index in [0.717, 1.165) is 0 Å². The molecule has 8 nitrogen and oxygen atoms in total. The maximum absolute atomic E-state index is 13.1. The van der Waals surface area contributed by atoms with Crippen LogP contribution in [0, 0.1) is 11.8 Å². The molecule has 1 aliphatic carbocycles. The van der Waals surface area contributed by atoms with Gasteiger partial charge < -0.3 is 25.7 Å². The summed E-state index contributed by atoms with van der Waals surface area (Å²) in [5.74, 6) is -6.26. The van der Waals surface area contributed by atoms with Crippen molar-refractivity contribution < 1.29 is 50.5 Å². The van der Waals surface area contributed by atoms with Gasteiger partial charge in [0.05, 0.1) is 24.7 Å². The SMILES string of the molecule is Nc1cc(N)cc(C(=O)OCCCCOC(=O)C=Cc2ccc(OC(=O)C3CCC(CCCC(F)(F)C(F)(F)F)CC3)cc2)c1. The number of carbonyl (C=O) groups is 3. The molecule has 246 valence electrons. The zero-order valence-electron chi connectivity index (χ0n) is 24.6. The standard InChI is InChI=1S/C32H37F5N2O6/c33-31(34,32(35,36)37)15-3-4-21-5-10-23(11-6-21)30(42)45-27-12-7-22(8-13-27)9-14-28(40)43-16-1-2-17-44-29(41)24-18-25(38)20-26(39)19-24/h7-9,12-14,18-21,23H,1-6,10-11,15-17,38-39H2. The van der Waals surface area contributed by atoms with Crippen LogP contribution in [0.4, 0.5) is 33.3 Å². The van der Waals surface area contributed by atoms with Gasteiger partial charge in [0.25, 0.3) is 0 Å². The maximum atomic E-state index is 13.1. The van der Waals surface area contributed by atoms with Gasteiger partial charge in [-0.15, -0.1) is 0 Å². The fourth-order valence-electron chi connectivity index (χ4n) is 4.92. The molecule has 13 heteroatoms. The van der Waals surface area contributed by atoms with Crippen molar-refractivity contribution in [1.82, 2.24) is 0 Å². The van der Waals surface area contributed by atoms with Crippen LogP contribution < -0.4 is 16.2 Å². The van der Waals surface area contributed by atoms with Crippen LogP contribution in [0.5, 0.6) is 5.75 Å². The van der Waals surface area contributed by atoms with E-state index in [-0.39, 0.29) is 43.5 Å². The Labute approximate surface area is 257 Å². The zero-order chi connectivity index (χ0) is 33.0. The lowest BCUT2D eigenvalue weighted by Crippen LogP contribution is -2.36. The first-order chi connectivity index (χ1) is 21.2. The smallest absolute Gasteiger partial charge is 0.453 e. The number of benzene rings is 2. The van der Waals surface area contributed by atoms with E-state index in [1.807, 2.05) is 0 Å². The van der Waals surface area contributed by atoms with Gasteiger partial charge in [-0.05, 0) is 92.8 Å². The number of alkyl halides is 5. The predicted molar refractivity (Wildman–Crippen MR) is 157 cm³/mol. The summed E-state index contributed by atoms with van der Waals surface area (Å²) in [4.78, 5) is 36.6. The molecule has 2 aromatic rings. The molecule has 0 amide bonds. The second-order valence-electron chi connectivity index (χ2n) is 11.0. The van der Waals surface area contributed by atoms with Crippen molar-refractivity contribution in [1.29, 1.82) is 0 Å². The molecule has 0 heterocycles. The minimum Gasteiger partial charge on any atom is -0.463 e. The summed E-state index contributed by atoms with van der Waals surface area (Å²) in [6, 6.07) is 10.9. The normalized spacial score (nSPS) is 17.2. The van der Waals surface area contributed by atoms with Crippen molar-refractivity contribution in [3.63, 3.8) is 0 Å². The molecule has 4 N–H and O–H groups in total. The number of esters is 3. The molecule has 1 aliphatic rings. The number of ether oxygens (including phenoxy) is 3. The highest BCUT2D eigenvalue weighted by atomic mass is 19.4. The van der Waals surface area contributed by atoms with Crippen LogP contribution in [-0.4, -0.2) is 43.2 Å². The molecule has 0 atom stereocenters. The molecule has 2 aromatic carbocycles. The Hall–Kier alpha value is -4.16. The molecule has 0 unspecified atom stereocenters. The Bertz CT molecular complexity index is 1300. The molecular formula is C32H37F5N2O6. The molecule has 0 radical (unpaired) electrons. The van der Waals surface area contributed by atoms with E-state index in [1.165, 1.54) is 24.3 Å². The zero-order valence-corrected chi connectivity index (χ0v) is 24.6. The van der Waals surface area contributed by atoms with E-state index in [2.05, 4.69) is 0 Å². The van der Waals surface area contributed by atoms with Gasteiger partial charge >= 0.3 is 30.0 Å². The Morgan fingerprint density at radius 2 is 1.42 bits per heavy atom. The average Bonchev–Trinajstić information content (AvgIpc) is 2.97. The van der Waals surface area contributed by atoms with Gasteiger partial charge in [-0.3, -0.25) is 4.79 Å². The number of hydrogen-bond donors (Lipinski definition) is 2. The van der Waals surface area contributed by atoms with Crippen molar-refractivity contribution >= 4 is 35.4 Å². The van der Waals surface area contributed by atoms with E-state index in [9.17, 15) is 36.3 Å². The molecule has 45 heavy (non-hydrogen) atoms. The average molecular weight is 641 g/mol. The summed E-state index contributed by atoms with van der Waals surface area (Å²) >= 11 is 0. The first-order valence-corrected chi connectivity index (χ1v) is 14.7. The van der Waals surface area contributed by atoms with Gasteiger partial charge in [0, 0.05) is 23.9 Å². The predicted octanol–water partition coefficient (Wildman–Crippen LogP) is 7.12. The Kier molecular flexibility index (Phi) is 12.7. The number of carbonyl (C=O) groups excluding carboxylic acids is 3. The molecule has 0 bridgehead atoms. The van der Waals surface area contributed by atoms with E-state index in [1.54, 1.807) is 30.3 Å². The van der Waals surface area contributed by atoms with Gasteiger partial charge in [-0.25, -0.2) is 9.59 Å². The van der Waals surface area contributed by atoms with Crippen LogP contribution in [0.2, 0.25) is 0 Å². The van der Waals surface area contributed by atoms with Gasteiger partial charge in [-0.1, -0.05) is 18.6 Å². The summed E-state index contributed by atoms with van der Waals surface area (Å²) in [6.45, 7) is 0.272. The largest absolute Gasteiger partial charge is 0.463 e. The third kappa shape index (κ3) is 11.7. The molecule has 3 rings (SSSR count). The number of unbranched alkanes of at least 4 members (excludes halogenated alkanes) is 1. The first-order valence-electron chi connectivity index (χ1n) is 14.7. The summed E-state index contributed by atoms with van der Waals surface area (Å²) in [6.07, 6.45) is -0.895. The summed E-state index contributed by atoms with van der Waals surface area (Å²) in [5.41, 5.74) is 13.0. The number of nitrogen functional groups attached to an aromatic ring is 2. The van der Waals surface area contributed by atoms with Gasteiger partial charge in [0.2, 0.25) is 0 Å². The lowest BCUT2D eigenvalue weighted by atomic mass is 9.79. The molecule has 1 fully saturated rings. The van der Waals surface area contributed by atoms with Crippen molar-refractivity contribution in [2.75, 3.05) is 24.7 Å². The lowest BCUT2D eigenvalue weighted by Gasteiger charge is -2.28. The second kappa shape index (κ2) is 16.2. The Morgan fingerprint density at radius 3 is 2.02 bits per heavy atom. The molecule has 0 saturated heterocycles. The number of nitrogens with two attached hydrogens (primary N) is 2. The van der Waals surface area contributed by atoms with Crippen molar-refractivity contribution in [3.05, 3.63) is 59.7 Å². The Morgan fingerprint density at radius 1 is 0.822 bits per heavy atom. The van der Waals surface area contributed by atoms with E-state index in [4.69, 9.17) is 25.7 Å².